The molecule has 0 fully saturated rings. The monoisotopic (exact) mass is 348 g/mol. The van der Waals surface area contributed by atoms with Crippen molar-refractivity contribution in [2.45, 2.75) is 38.1 Å². The molecule has 1 aromatic heterocycles. The van der Waals surface area contributed by atoms with E-state index in [0.29, 0.717) is 6.04 Å². The Labute approximate surface area is 154 Å². The first-order chi connectivity index (χ1) is 12.8. The largest absolute Gasteiger partial charge is 0.361 e. The van der Waals surface area contributed by atoms with E-state index in [2.05, 4.69) is 40.6 Å². The van der Waals surface area contributed by atoms with Gasteiger partial charge in [-0.15, -0.1) is 0 Å². The number of nitrogens with one attached hydrogen (secondary N) is 2. The lowest BCUT2D eigenvalue weighted by Gasteiger charge is -2.25. The predicted octanol–water partition coefficient (Wildman–Crippen LogP) is 5.47. The van der Waals surface area contributed by atoms with Crippen molar-refractivity contribution in [2.24, 2.45) is 0 Å². The molecule has 2 aromatic carbocycles. The molecule has 1 unspecified atom stereocenters. The topological polar surface area (TPSA) is 27.8 Å². The summed E-state index contributed by atoms with van der Waals surface area (Å²) in [5.41, 5.74) is 4.55. The van der Waals surface area contributed by atoms with Crippen molar-refractivity contribution in [3.8, 4) is 0 Å². The second-order valence-corrected chi connectivity index (χ2v) is 7.12. The normalized spacial score (nSPS) is 17.4. The molecule has 1 aliphatic rings. The molecule has 0 saturated heterocycles. The third-order valence-electron chi connectivity index (χ3n) is 5.38. The third kappa shape index (κ3) is 3.73. The van der Waals surface area contributed by atoms with Crippen LogP contribution in [0, 0.1) is 5.82 Å². The van der Waals surface area contributed by atoms with Gasteiger partial charge in [0.1, 0.15) is 5.82 Å². The van der Waals surface area contributed by atoms with Crippen LogP contribution in [0.1, 0.15) is 36.8 Å². The van der Waals surface area contributed by atoms with Crippen LogP contribution in [0.2, 0.25) is 0 Å². The molecule has 0 aliphatic carbocycles. The van der Waals surface area contributed by atoms with E-state index in [4.69, 9.17) is 0 Å². The zero-order chi connectivity index (χ0) is 17.8. The highest BCUT2D eigenvalue weighted by molar-refractivity contribution is 5.82. The van der Waals surface area contributed by atoms with Crippen molar-refractivity contribution in [3.63, 3.8) is 0 Å². The van der Waals surface area contributed by atoms with Crippen LogP contribution in [-0.4, -0.2) is 17.6 Å². The number of H-pyrrole nitrogens is 1. The maximum absolute atomic E-state index is 14.0. The van der Waals surface area contributed by atoms with Crippen molar-refractivity contribution in [3.05, 3.63) is 77.7 Å². The molecule has 2 nitrogen and oxygen atoms in total. The van der Waals surface area contributed by atoms with Crippen LogP contribution < -0.4 is 5.32 Å². The number of benzene rings is 2. The molecule has 0 amide bonds. The van der Waals surface area contributed by atoms with Gasteiger partial charge in [-0.25, -0.2) is 4.39 Å². The van der Waals surface area contributed by atoms with Gasteiger partial charge in [-0.05, 0) is 55.0 Å². The van der Waals surface area contributed by atoms with E-state index in [0.717, 1.165) is 36.9 Å². The van der Waals surface area contributed by atoms with Gasteiger partial charge in [0.15, 0.2) is 0 Å². The van der Waals surface area contributed by atoms with Gasteiger partial charge in [0, 0.05) is 35.2 Å². The Morgan fingerprint density at radius 1 is 1.00 bits per heavy atom. The van der Waals surface area contributed by atoms with Crippen LogP contribution in [-0.2, 0) is 6.42 Å². The average Bonchev–Trinajstić information content (AvgIpc) is 3.15. The van der Waals surface area contributed by atoms with E-state index in [-0.39, 0.29) is 5.82 Å². The second-order valence-electron chi connectivity index (χ2n) is 7.12. The standard InChI is InChI=1S/C23H25FN2/c24-22-10-4-3-9-20(22)18-12-14-25-19(16-18)8-2-1-6-17-7-5-11-23-21(17)13-15-26-23/h3-5,7,9-13,15,19,25-26H,1-2,6,8,14,16H2. The predicted molar refractivity (Wildman–Crippen MR) is 107 cm³/mol. The van der Waals surface area contributed by atoms with Crippen LogP contribution in [0.5, 0.6) is 0 Å². The summed E-state index contributed by atoms with van der Waals surface area (Å²) in [6.07, 6.45) is 9.66. The molecule has 0 radical (unpaired) electrons. The maximum atomic E-state index is 14.0. The molecule has 1 atom stereocenters. The van der Waals surface area contributed by atoms with Crippen molar-refractivity contribution in [1.82, 2.24) is 10.3 Å². The molecule has 134 valence electrons. The molecule has 2 N–H and O–H groups in total. The van der Waals surface area contributed by atoms with Crippen LogP contribution in [0.3, 0.4) is 0 Å². The minimum atomic E-state index is -0.112. The molecular formula is C23H25FN2. The van der Waals surface area contributed by atoms with Crippen molar-refractivity contribution < 1.29 is 4.39 Å². The Kier molecular flexibility index (Phi) is 5.16. The van der Waals surface area contributed by atoms with Crippen LogP contribution in [0.25, 0.3) is 16.5 Å². The fourth-order valence-corrected chi connectivity index (χ4v) is 3.99. The van der Waals surface area contributed by atoms with Gasteiger partial charge in [0.25, 0.3) is 0 Å². The molecule has 3 aromatic rings. The number of aromatic amines is 1. The van der Waals surface area contributed by atoms with Crippen molar-refractivity contribution in [1.29, 1.82) is 0 Å². The van der Waals surface area contributed by atoms with Crippen molar-refractivity contribution in [2.75, 3.05) is 6.54 Å². The zero-order valence-electron chi connectivity index (χ0n) is 15.0. The van der Waals surface area contributed by atoms with Gasteiger partial charge >= 0.3 is 0 Å². The minimum Gasteiger partial charge on any atom is -0.361 e. The number of rotatable bonds is 6. The molecule has 26 heavy (non-hydrogen) atoms. The lowest BCUT2D eigenvalue weighted by Crippen LogP contribution is -2.33. The lowest BCUT2D eigenvalue weighted by molar-refractivity contribution is 0.476. The van der Waals surface area contributed by atoms with Crippen LogP contribution in [0.15, 0.2) is 60.8 Å². The van der Waals surface area contributed by atoms with Gasteiger partial charge in [-0.1, -0.05) is 42.8 Å². The Balaban J connectivity index is 1.30. The maximum Gasteiger partial charge on any atom is 0.130 e. The molecule has 0 spiro atoms. The molecule has 4 rings (SSSR count). The molecule has 0 saturated carbocycles. The first kappa shape index (κ1) is 17.0. The Morgan fingerprint density at radius 2 is 1.92 bits per heavy atom. The molecule has 3 heteroatoms. The first-order valence-corrected chi connectivity index (χ1v) is 9.53. The SMILES string of the molecule is Fc1ccccc1C1=CCNC(CCCCc2cccc3[nH]ccc23)C1. The van der Waals surface area contributed by atoms with E-state index in [1.54, 1.807) is 12.1 Å². The van der Waals surface area contributed by atoms with Gasteiger partial charge in [0.2, 0.25) is 0 Å². The second kappa shape index (κ2) is 7.88. The van der Waals surface area contributed by atoms with Gasteiger partial charge in [-0.2, -0.15) is 0 Å². The van der Waals surface area contributed by atoms with Gasteiger partial charge in [-0.3, -0.25) is 0 Å². The van der Waals surface area contributed by atoms with Crippen molar-refractivity contribution >= 4 is 16.5 Å². The van der Waals surface area contributed by atoms with Crippen LogP contribution in [0.4, 0.5) is 4.39 Å². The summed E-state index contributed by atoms with van der Waals surface area (Å²) in [6, 6.07) is 16.2. The van der Waals surface area contributed by atoms with Gasteiger partial charge < -0.3 is 10.3 Å². The summed E-state index contributed by atoms with van der Waals surface area (Å²) in [4.78, 5) is 3.28. The number of unbranched alkanes of at least 4 members (excludes halogenated alkanes) is 1. The van der Waals surface area contributed by atoms with E-state index >= 15 is 0 Å². The smallest absolute Gasteiger partial charge is 0.130 e. The van der Waals surface area contributed by atoms with E-state index in [1.807, 2.05) is 18.3 Å². The van der Waals surface area contributed by atoms with E-state index < -0.39 is 0 Å². The fourth-order valence-electron chi connectivity index (χ4n) is 3.99. The lowest BCUT2D eigenvalue weighted by atomic mass is 9.92. The highest BCUT2D eigenvalue weighted by Gasteiger charge is 2.17. The summed E-state index contributed by atoms with van der Waals surface area (Å²) in [5, 5.41) is 4.90. The number of hydrogen-bond acceptors (Lipinski definition) is 1. The van der Waals surface area contributed by atoms with Crippen LogP contribution >= 0.6 is 0 Å². The van der Waals surface area contributed by atoms with E-state index in [1.165, 1.54) is 29.3 Å². The number of halogens is 1. The van der Waals surface area contributed by atoms with E-state index in [9.17, 15) is 4.39 Å². The number of fused-ring (bicyclic) bond motifs is 1. The summed E-state index contributed by atoms with van der Waals surface area (Å²) >= 11 is 0. The quantitative estimate of drug-likeness (QED) is 0.568. The molecule has 2 heterocycles. The van der Waals surface area contributed by atoms with Gasteiger partial charge in [0.05, 0.1) is 0 Å². The fraction of sp³-hybridized carbons (Fsp3) is 0.304. The molecule has 0 bridgehead atoms. The first-order valence-electron chi connectivity index (χ1n) is 9.53. The average molecular weight is 348 g/mol. The number of aromatic nitrogens is 1. The third-order valence-corrected chi connectivity index (χ3v) is 5.38. The zero-order valence-corrected chi connectivity index (χ0v) is 15.0. The Morgan fingerprint density at radius 3 is 2.85 bits per heavy atom. The number of hydrogen-bond donors (Lipinski definition) is 2. The number of aryl methyl sites for hydroxylation is 1. The summed E-state index contributed by atoms with van der Waals surface area (Å²) in [6.45, 7) is 0.830. The summed E-state index contributed by atoms with van der Waals surface area (Å²) < 4.78 is 14.0. The Hall–Kier alpha value is -2.39. The summed E-state index contributed by atoms with van der Waals surface area (Å²) in [7, 11) is 0. The Bertz CT molecular complexity index is 909. The highest BCUT2D eigenvalue weighted by atomic mass is 19.1. The summed E-state index contributed by atoms with van der Waals surface area (Å²) in [5.74, 6) is -0.112. The minimum absolute atomic E-state index is 0.112. The molecular weight excluding hydrogens is 323 g/mol. The highest BCUT2D eigenvalue weighted by Crippen LogP contribution is 2.27. The molecule has 1 aliphatic heterocycles.